The number of hydrogen-bond acceptors (Lipinski definition) is 3. The van der Waals surface area contributed by atoms with Crippen molar-refractivity contribution >= 4 is 11.6 Å². The van der Waals surface area contributed by atoms with Gasteiger partial charge < -0.3 is 4.90 Å². The van der Waals surface area contributed by atoms with Crippen molar-refractivity contribution in [3.63, 3.8) is 0 Å². The third-order valence-electron chi connectivity index (χ3n) is 3.45. The molecule has 0 aliphatic carbocycles. The van der Waals surface area contributed by atoms with Crippen LogP contribution >= 0.6 is 0 Å². The van der Waals surface area contributed by atoms with Crippen molar-refractivity contribution in [2.45, 2.75) is 32.1 Å². The molecule has 4 nitrogen and oxygen atoms in total. The number of amides is 1. The number of nitrogens with one attached hydrogen (secondary N) is 1. The molecule has 1 aromatic carbocycles. The maximum Gasteiger partial charge on any atom is 0.233 e. The molecule has 0 bridgehead atoms. The predicted molar refractivity (Wildman–Crippen MR) is 73.2 cm³/mol. The lowest BCUT2D eigenvalue weighted by molar-refractivity contribution is -0.121. The van der Waals surface area contributed by atoms with E-state index >= 15 is 0 Å². The van der Waals surface area contributed by atoms with Crippen LogP contribution in [0.1, 0.15) is 31.2 Å². The van der Waals surface area contributed by atoms with Crippen molar-refractivity contribution in [3.8, 4) is 0 Å². The van der Waals surface area contributed by atoms with Crippen LogP contribution in [-0.2, 0) is 11.2 Å². The summed E-state index contributed by atoms with van der Waals surface area (Å²) >= 11 is 0. The van der Waals surface area contributed by atoms with Crippen LogP contribution in [0.15, 0.2) is 24.3 Å². The molecule has 2 rings (SSSR count). The number of nitrogens with two attached hydrogens (primary N) is 1. The summed E-state index contributed by atoms with van der Waals surface area (Å²) < 4.78 is 0. The van der Waals surface area contributed by atoms with Gasteiger partial charge in [-0.15, -0.1) is 0 Å². The normalized spacial score (nSPS) is 14.8. The minimum absolute atomic E-state index is 0.0851. The van der Waals surface area contributed by atoms with Gasteiger partial charge in [0.2, 0.25) is 5.91 Å². The van der Waals surface area contributed by atoms with Crippen LogP contribution in [0, 0.1) is 0 Å². The Kier molecular flexibility index (Phi) is 4.59. The molecule has 4 heteroatoms. The van der Waals surface area contributed by atoms with Gasteiger partial charge >= 0.3 is 0 Å². The first kappa shape index (κ1) is 12.9. The Morgan fingerprint density at radius 1 is 1.33 bits per heavy atom. The molecule has 3 N–H and O–H groups in total. The molecule has 1 amide bonds. The van der Waals surface area contributed by atoms with E-state index in [0.717, 1.165) is 25.9 Å². The van der Waals surface area contributed by atoms with Crippen molar-refractivity contribution < 1.29 is 4.79 Å². The molecule has 0 aromatic heterocycles. The van der Waals surface area contributed by atoms with Crippen LogP contribution in [0.4, 0.5) is 5.69 Å². The molecule has 0 unspecified atom stereocenters. The summed E-state index contributed by atoms with van der Waals surface area (Å²) in [6, 6.07) is 8.58. The number of carbonyl (C=O) groups excluding carboxylic acids is 1. The second-order valence-electron chi connectivity index (χ2n) is 4.74. The molecule has 0 saturated carbocycles. The first-order valence-electron chi connectivity index (χ1n) is 6.63. The van der Waals surface area contributed by atoms with E-state index in [9.17, 15) is 4.79 Å². The standard InChI is InChI=1S/C14H21N3O/c15-16-14(18)9-5-11-17-10-4-3-7-12-6-1-2-8-13(12)17/h1-2,6,8H,3-5,7,9-11,15H2,(H,16,18). The van der Waals surface area contributed by atoms with Gasteiger partial charge in [-0.2, -0.15) is 0 Å². The van der Waals surface area contributed by atoms with Gasteiger partial charge in [0.15, 0.2) is 0 Å². The molecule has 0 atom stereocenters. The summed E-state index contributed by atoms with van der Waals surface area (Å²) in [5.41, 5.74) is 4.94. The number of carbonyl (C=O) groups is 1. The Balaban J connectivity index is 1.97. The summed E-state index contributed by atoms with van der Waals surface area (Å²) in [6.07, 6.45) is 4.97. The van der Waals surface area contributed by atoms with Crippen LogP contribution < -0.4 is 16.2 Å². The number of fused-ring (bicyclic) bond motifs is 1. The number of benzene rings is 1. The van der Waals surface area contributed by atoms with Crippen LogP contribution in [0.3, 0.4) is 0 Å². The van der Waals surface area contributed by atoms with Crippen molar-refractivity contribution in [3.05, 3.63) is 29.8 Å². The minimum atomic E-state index is -0.0851. The number of nitrogens with zero attached hydrogens (tertiary/aromatic N) is 1. The van der Waals surface area contributed by atoms with E-state index in [1.807, 2.05) is 0 Å². The fraction of sp³-hybridized carbons (Fsp3) is 0.500. The molecule has 1 aromatic rings. The molecule has 0 spiro atoms. The minimum Gasteiger partial charge on any atom is -0.371 e. The average Bonchev–Trinajstić information content (AvgIpc) is 2.61. The molecule has 0 saturated heterocycles. The SMILES string of the molecule is NNC(=O)CCCN1CCCCc2ccccc21. The number of hydrazine groups is 1. The molecular formula is C14H21N3O. The topological polar surface area (TPSA) is 58.4 Å². The lowest BCUT2D eigenvalue weighted by atomic mass is 10.1. The fourth-order valence-electron chi connectivity index (χ4n) is 2.50. The Morgan fingerprint density at radius 2 is 2.17 bits per heavy atom. The zero-order chi connectivity index (χ0) is 12.8. The van der Waals surface area contributed by atoms with Crippen molar-refractivity contribution in [2.75, 3.05) is 18.0 Å². The van der Waals surface area contributed by atoms with Gasteiger partial charge in [0.05, 0.1) is 0 Å². The molecule has 1 heterocycles. The van der Waals surface area contributed by atoms with E-state index in [1.54, 1.807) is 0 Å². The van der Waals surface area contributed by atoms with Gasteiger partial charge in [0.25, 0.3) is 0 Å². The van der Waals surface area contributed by atoms with Gasteiger partial charge in [-0.25, -0.2) is 5.84 Å². The molecule has 1 aliphatic heterocycles. The molecule has 18 heavy (non-hydrogen) atoms. The third kappa shape index (κ3) is 3.23. The average molecular weight is 247 g/mol. The highest BCUT2D eigenvalue weighted by Crippen LogP contribution is 2.26. The van der Waals surface area contributed by atoms with E-state index in [-0.39, 0.29) is 5.91 Å². The van der Waals surface area contributed by atoms with Gasteiger partial charge in [-0.1, -0.05) is 18.2 Å². The smallest absolute Gasteiger partial charge is 0.233 e. The van der Waals surface area contributed by atoms with Crippen LogP contribution in [0.25, 0.3) is 0 Å². The van der Waals surface area contributed by atoms with E-state index in [2.05, 4.69) is 34.6 Å². The summed E-state index contributed by atoms with van der Waals surface area (Å²) in [5.74, 6) is 4.99. The number of anilines is 1. The molecule has 98 valence electrons. The van der Waals surface area contributed by atoms with Gasteiger partial charge in [-0.05, 0) is 37.3 Å². The van der Waals surface area contributed by atoms with Gasteiger partial charge in [0.1, 0.15) is 0 Å². The highest BCUT2D eigenvalue weighted by molar-refractivity contribution is 5.75. The number of para-hydroxylation sites is 1. The summed E-state index contributed by atoms with van der Waals surface area (Å²) in [4.78, 5) is 13.5. The number of aryl methyl sites for hydroxylation is 1. The van der Waals surface area contributed by atoms with E-state index in [4.69, 9.17) is 5.84 Å². The first-order chi connectivity index (χ1) is 8.81. The predicted octanol–water partition coefficient (Wildman–Crippen LogP) is 1.60. The summed E-state index contributed by atoms with van der Waals surface area (Å²) in [7, 11) is 0. The zero-order valence-corrected chi connectivity index (χ0v) is 10.7. The quantitative estimate of drug-likeness (QED) is 0.483. The van der Waals surface area contributed by atoms with E-state index in [1.165, 1.54) is 24.1 Å². The molecule has 1 aliphatic rings. The second-order valence-corrected chi connectivity index (χ2v) is 4.74. The van der Waals surface area contributed by atoms with Gasteiger partial charge in [0, 0.05) is 25.2 Å². The Hall–Kier alpha value is -1.55. The number of rotatable bonds is 4. The third-order valence-corrected chi connectivity index (χ3v) is 3.45. The maximum absolute atomic E-state index is 11.1. The largest absolute Gasteiger partial charge is 0.371 e. The van der Waals surface area contributed by atoms with Crippen LogP contribution in [0.2, 0.25) is 0 Å². The van der Waals surface area contributed by atoms with Crippen molar-refractivity contribution in [1.82, 2.24) is 5.43 Å². The Bertz CT molecular complexity index is 406. The highest BCUT2D eigenvalue weighted by Gasteiger charge is 2.14. The lowest BCUT2D eigenvalue weighted by Gasteiger charge is -2.24. The second kappa shape index (κ2) is 6.40. The molecule has 0 radical (unpaired) electrons. The maximum atomic E-state index is 11.1. The van der Waals surface area contributed by atoms with Crippen molar-refractivity contribution in [2.24, 2.45) is 5.84 Å². The lowest BCUT2D eigenvalue weighted by Crippen LogP contribution is -2.31. The monoisotopic (exact) mass is 247 g/mol. The zero-order valence-electron chi connectivity index (χ0n) is 10.7. The molecule has 0 fully saturated rings. The van der Waals surface area contributed by atoms with Crippen LogP contribution in [-0.4, -0.2) is 19.0 Å². The van der Waals surface area contributed by atoms with Gasteiger partial charge in [-0.3, -0.25) is 10.2 Å². The van der Waals surface area contributed by atoms with Crippen LogP contribution in [0.5, 0.6) is 0 Å². The Morgan fingerprint density at radius 3 is 3.00 bits per heavy atom. The fourth-order valence-corrected chi connectivity index (χ4v) is 2.50. The highest BCUT2D eigenvalue weighted by atomic mass is 16.2. The Labute approximate surface area is 108 Å². The first-order valence-corrected chi connectivity index (χ1v) is 6.63. The van der Waals surface area contributed by atoms with Crippen molar-refractivity contribution in [1.29, 1.82) is 0 Å². The summed E-state index contributed by atoms with van der Waals surface area (Å²) in [5, 5.41) is 0. The summed E-state index contributed by atoms with van der Waals surface area (Å²) in [6.45, 7) is 2.01. The van der Waals surface area contributed by atoms with E-state index in [0.29, 0.717) is 6.42 Å². The number of hydrogen-bond donors (Lipinski definition) is 2. The molecular weight excluding hydrogens is 226 g/mol. The van der Waals surface area contributed by atoms with E-state index < -0.39 is 0 Å².